The fourth-order valence-corrected chi connectivity index (χ4v) is 1.49. The summed E-state index contributed by atoms with van der Waals surface area (Å²) in [4.78, 5) is 8.93. The molecular formula is C12H17N5. The summed E-state index contributed by atoms with van der Waals surface area (Å²) in [5.41, 5.74) is 1.11. The second-order valence-electron chi connectivity index (χ2n) is 4.34. The summed E-state index contributed by atoms with van der Waals surface area (Å²) in [6.45, 7) is 6.16. The summed E-state index contributed by atoms with van der Waals surface area (Å²) in [5, 5.41) is 7.31. The molecule has 0 aliphatic heterocycles. The first-order valence-electron chi connectivity index (χ1n) is 5.68. The average molecular weight is 231 g/mol. The van der Waals surface area contributed by atoms with Gasteiger partial charge in [0.2, 0.25) is 0 Å². The fraction of sp³-hybridized carbons (Fsp3) is 0.417. The molecule has 2 aromatic heterocycles. The van der Waals surface area contributed by atoms with Crippen molar-refractivity contribution in [3.8, 4) is 5.82 Å². The van der Waals surface area contributed by atoms with Gasteiger partial charge < -0.3 is 5.32 Å². The van der Waals surface area contributed by atoms with E-state index in [0.29, 0.717) is 5.92 Å². The quantitative estimate of drug-likeness (QED) is 0.879. The Balaban J connectivity index is 2.49. The standard InChI is InChI=1S/C12H17N5/c1-8(2)12-15-10(13-4)5-11(16-12)17-7-9(3)6-14-17/h5-8H,1-4H3,(H,13,15,16). The summed E-state index contributed by atoms with van der Waals surface area (Å²) in [5.74, 6) is 2.71. The molecule has 2 aromatic rings. The van der Waals surface area contributed by atoms with Crippen molar-refractivity contribution in [2.24, 2.45) is 0 Å². The van der Waals surface area contributed by atoms with Crippen molar-refractivity contribution >= 4 is 5.82 Å². The molecule has 0 saturated heterocycles. The SMILES string of the molecule is CNc1cc(-n2cc(C)cn2)nc(C(C)C)n1. The first kappa shape index (κ1) is 11.6. The van der Waals surface area contributed by atoms with Crippen molar-refractivity contribution in [1.29, 1.82) is 0 Å². The van der Waals surface area contributed by atoms with Crippen LogP contribution in [0.15, 0.2) is 18.5 Å². The lowest BCUT2D eigenvalue weighted by molar-refractivity contribution is 0.747. The molecule has 0 atom stereocenters. The van der Waals surface area contributed by atoms with Crippen LogP contribution in [0.4, 0.5) is 5.82 Å². The van der Waals surface area contributed by atoms with E-state index in [1.165, 1.54) is 0 Å². The molecule has 0 aliphatic carbocycles. The Morgan fingerprint density at radius 2 is 2.06 bits per heavy atom. The Morgan fingerprint density at radius 1 is 1.29 bits per heavy atom. The lowest BCUT2D eigenvalue weighted by Crippen LogP contribution is -2.07. The number of aryl methyl sites for hydroxylation is 1. The molecule has 5 nitrogen and oxygen atoms in total. The first-order chi connectivity index (χ1) is 8.10. The zero-order valence-electron chi connectivity index (χ0n) is 10.6. The van der Waals surface area contributed by atoms with Gasteiger partial charge in [0.1, 0.15) is 11.6 Å². The summed E-state index contributed by atoms with van der Waals surface area (Å²) in [7, 11) is 1.85. The van der Waals surface area contributed by atoms with Gasteiger partial charge in [0.05, 0.1) is 6.20 Å². The van der Waals surface area contributed by atoms with Crippen molar-refractivity contribution < 1.29 is 0 Å². The molecule has 0 bridgehead atoms. The van der Waals surface area contributed by atoms with Crippen LogP contribution in [0, 0.1) is 6.92 Å². The Bertz CT molecular complexity index is 515. The molecule has 0 spiro atoms. The van der Waals surface area contributed by atoms with Crippen LogP contribution < -0.4 is 5.32 Å². The molecular weight excluding hydrogens is 214 g/mol. The monoisotopic (exact) mass is 231 g/mol. The second-order valence-corrected chi connectivity index (χ2v) is 4.34. The lowest BCUT2D eigenvalue weighted by Gasteiger charge is -2.09. The molecule has 0 aromatic carbocycles. The fourth-order valence-electron chi connectivity index (χ4n) is 1.49. The maximum atomic E-state index is 4.51. The van der Waals surface area contributed by atoms with Gasteiger partial charge in [-0.25, -0.2) is 14.6 Å². The van der Waals surface area contributed by atoms with Gasteiger partial charge in [-0.1, -0.05) is 13.8 Å². The minimum absolute atomic E-state index is 0.290. The molecule has 1 N–H and O–H groups in total. The van der Waals surface area contributed by atoms with E-state index < -0.39 is 0 Å². The zero-order valence-corrected chi connectivity index (χ0v) is 10.6. The third kappa shape index (κ3) is 2.43. The van der Waals surface area contributed by atoms with Crippen molar-refractivity contribution in [1.82, 2.24) is 19.7 Å². The van der Waals surface area contributed by atoms with Gasteiger partial charge in [-0.15, -0.1) is 0 Å². The van der Waals surface area contributed by atoms with E-state index in [1.54, 1.807) is 4.68 Å². The minimum atomic E-state index is 0.290. The highest BCUT2D eigenvalue weighted by atomic mass is 15.3. The molecule has 17 heavy (non-hydrogen) atoms. The molecule has 0 amide bonds. The minimum Gasteiger partial charge on any atom is -0.373 e. The van der Waals surface area contributed by atoms with Crippen LogP contribution >= 0.6 is 0 Å². The van der Waals surface area contributed by atoms with Crippen LogP contribution in [0.25, 0.3) is 5.82 Å². The summed E-state index contributed by atoms with van der Waals surface area (Å²) in [6, 6.07) is 1.89. The number of anilines is 1. The van der Waals surface area contributed by atoms with E-state index in [2.05, 4.69) is 34.2 Å². The largest absolute Gasteiger partial charge is 0.373 e. The van der Waals surface area contributed by atoms with Crippen LogP contribution in [0.1, 0.15) is 31.2 Å². The maximum absolute atomic E-state index is 4.51. The molecule has 0 radical (unpaired) electrons. The van der Waals surface area contributed by atoms with E-state index in [1.807, 2.05) is 32.4 Å². The Hall–Kier alpha value is -1.91. The van der Waals surface area contributed by atoms with E-state index in [9.17, 15) is 0 Å². The van der Waals surface area contributed by atoms with Gasteiger partial charge in [-0.3, -0.25) is 0 Å². The molecule has 2 rings (SSSR count). The highest BCUT2D eigenvalue weighted by molar-refractivity contribution is 5.41. The molecule has 0 unspecified atom stereocenters. The molecule has 5 heteroatoms. The van der Waals surface area contributed by atoms with Gasteiger partial charge in [-0.05, 0) is 12.5 Å². The van der Waals surface area contributed by atoms with Crippen LogP contribution in [-0.4, -0.2) is 26.8 Å². The molecule has 0 fully saturated rings. The number of rotatable bonds is 3. The molecule has 2 heterocycles. The smallest absolute Gasteiger partial charge is 0.159 e. The van der Waals surface area contributed by atoms with Crippen molar-refractivity contribution in [3.63, 3.8) is 0 Å². The predicted molar refractivity (Wildman–Crippen MR) is 67.5 cm³/mol. The third-order valence-electron chi connectivity index (χ3n) is 2.45. The van der Waals surface area contributed by atoms with Crippen LogP contribution in [0.3, 0.4) is 0 Å². The van der Waals surface area contributed by atoms with Crippen LogP contribution in [0.5, 0.6) is 0 Å². The summed E-state index contributed by atoms with van der Waals surface area (Å²) >= 11 is 0. The average Bonchev–Trinajstić information content (AvgIpc) is 2.75. The van der Waals surface area contributed by atoms with Crippen molar-refractivity contribution in [3.05, 3.63) is 29.8 Å². The molecule has 0 saturated carbocycles. The zero-order chi connectivity index (χ0) is 12.4. The predicted octanol–water partition coefficient (Wildman–Crippen LogP) is 2.14. The van der Waals surface area contributed by atoms with Gasteiger partial charge in [0, 0.05) is 25.2 Å². The van der Waals surface area contributed by atoms with Gasteiger partial charge in [0.25, 0.3) is 0 Å². The Labute approximate surface area is 101 Å². The lowest BCUT2D eigenvalue weighted by atomic mass is 10.2. The van der Waals surface area contributed by atoms with E-state index in [-0.39, 0.29) is 0 Å². The van der Waals surface area contributed by atoms with Crippen molar-refractivity contribution in [2.45, 2.75) is 26.7 Å². The van der Waals surface area contributed by atoms with Gasteiger partial charge >= 0.3 is 0 Å². The van der Waals surface area contributed by atoms with E-state index in [4.69, 9.17) is 0 Å². The first-order valence-corrected chi connectivity index (χ1v) is 5.68. The third-order valence-corrected chi connectivity index (χ3v) is 2.45. The second kappa shape index (κ2) is 4.53. The normalized spacial score (nSPS) is 10.9. The highest BCUT2D eigenvalue weighted by Gasteiger charge is 2.09. The number of nitrogens with one attached hydrogen (secondary N) is 1. The van der Waals surface area contributed by atoms with Gasteiger partial charge in [0.15, 0.2) is 5.82 Å². The van der Waals surface area contributed by atoms with Crippen LogP contribution in [0.2, 0.25) is 0 Å². The number of hydrogen-bond acceptors (Lipinski definition) is 4. The van der Waals surface area contributed by atoms with Crippen molar-refractivity contribution in [2.75, 3.05) is 12.4 Å². The van der Waals surface area contributed by atoms with E-state index in [0.717, 1.165) is 23.0 Å². The van der Waals surface area contributed by atoms with E-state index >= 15 is 0 Å². The number of hydrogen-bond donors (Lipinski definition) is 1. The topological polar surface area (TPSA) is 55.6 Å². The van der Waals surface area contributed by atoms with Crippen LogP contribution in [-0.2, 0) is 0 Å². The Morgan fingerprint density at radius 3 is 2.59 bits per heavy atom. The highest BCUT2D eigenvalue weighted by Crippen LogP contribution is 2.16. The molecule has 0 aliphatic rings. The summed E-state index contributed by atoms with van der Waals surface area (Å²) < 4.78 is 1.77. The molecule has 90 valence electrons. The number of nitrogens with zero attached hydrogens (tertiary/aromatic N) is 4. The maximum Gasteiger partial charge on any atom is 0.159 e. The summed E-state index contributed by atoms with van der Waals surface area (Å²) in [6.07, 6.45) is 3.77. The number of aromatic nitrogens is 4. The van der Waals surface area contributed by atoms with Gasteiger partial charge in [-0.2, -0.15) is 5.10 Å². The Kier molecular flexibility index (Phi) is 3.08.